The van der Waals surface area contributed by atoms with Gasteiger partial charge in [0.2, 0.25) is 17.6 Å². The average Bonchev–Trinajstić information content (AvgIpc) is 3.57. The molecule has 1 aliphatic heterocycles. The highest BCUT2D eigenvalue weighted by atomic mass is 32.1. The van der Waals surface area contributed by atoms with E-state index < -0.39 is 0 Å². The van der Waals surface area contributed by atoms with Crippen LogP contribution in [0.1, 0.15) is 17.9 Å². The Kier molecular flexibility index (Phi) is 6.97. The third-order valence-electron chi connectivity index (χ3n) is 5.95. The van der Waals surface area contributed by atoms with Gasteiger partial charge in [0, 0.05) is 67.9 Å². The Morgan fingerprint density at radius 1 is 1.00 bits per heavy atom. The van der Waals surface area contributed by atoms with Crippen molar-refractivity contribution in [2.45, 2.75) is 19.4 Å². The molecule has 0 spiro atoms. The van der Waals surface area contributed by atoms with Gasteiger partial charge >= 0.3 is 0 Å². The number of piperazine rings is 1. The number of hydrogen-bond donors (Lipinski definition) is 1. The standard InChI is InChI=1S/C26H27N5O2S/c32-24(10-11-25-28-26(29-33-25)21-12-17-34-19-21)27-22-6-8-23(9-7-22)31-15-13-30(14-16-31)18-20-4-2-1-3-5-20/h1-9,12,17,19H,10-11,13-16,18H2,(H,27,32). The zero-order chi connectivity index (χ0) is 23.2. The molecule has 8 heteroatoms. The number of amides is 1. The zero-order valence-electron chi connectivity index (χ0n) is 18.9. The third kappa shape index (κ3) is 5.70. The minimum Gasteiger partial charge on any atom is -0.369 e. The van der Waals surface area contributed by atoms with Crippen molar-refractivity contribution in [3.05, 3.63) is 82.9 Å². The average molecular weight is 474 g/mol. The lowest BCUT2D eigenvalue weighted by molar-refractivity contribution is -0.116. The summed E-state index contributed by atoms with van der Waals surface area (Å²) in [4.78, 5) is 21.6. The summed E-state index contributed by atoms with van der Waals surface area (Å²) in [5.41, 5.74) is 4.27. The third-order valence-corrected chi connectivity index (χ3v) is 6.63. The van der Waals surface area contributed by atoms with Crippen LogP contribution in [0.4, 0.5) is 11.4 Å². The van der Waals surface area contributed by atoms with Crippen LogP contribution in [-0.4, -0.2) is 47.1 Å². The van der Waals surface area contributed by atoms with E-state index in [1.54, 1.807) is 11.3 Å². The molecule has 5 rings (SSSR count). The van der Waals surface area contributed by atoms with Crippen molar-refractivity contribution >= 4 is 28.6 Å². The van der Waals surface area contributed by atoms with Gasteiger partial charge in [-0.15, -0.1) is 0 Å². The fourth-order valence-electron chi connectivity index (χ4n) is 4.07. The Labute approximate surface area is 203 Å². The van der Waals surface area contributed by atoms with E-state index in [0.29, 0.717) is 18.1 Å². The number of carbonyl (C=O) groups excluding carboxylic acids is 1. The van der Waals surface area contributed by atoms with E-state index in [9.17, 15) is 4.79 Å². The molecule has 0 unspecified atom stereocenters. The van der Waals surface area contributed by atoms with Crippen molar-refractivity contribution in [2.75, 3.05) is 36.4 Å². The Morgan fingerprint density at radius 3 is 2.53 bits per heavy atom. The molecule has 1 N–H and O–H groups in total. The first-order valence-corrected chi connectivity index (χ1v) is 12.4. The number of nitrogens with zero attached hydrogens (tertiary/aromatic N) is 4. The molecule has 0 aliphatic carbocycles. The van der Waals surface area contributed by atoms with E-state index in [0.717, 1.165) is 44.0 Å². The summed E-state index contributed by atoms with van der Waals surface area (Å²) in [6.45, 7) is 5.07. The highest BCUT2D eigenvalue weighted by molar-refractivity contribution is 7.08. The number of carbonyl (C=O) groups is 1. The molecule has 1 saturated heterocycles. The van der Waals surface area contributed by atoms with Gasteiger partial charge in [-0.2, -0.15) is 16.3 Å². The summed E-state index contributed by atoms with van der Waals surface area (Å²) in [6, 6.07) is 20.6. The molecule has 2 aromatic carbocycles. The van der Waals surface area contributed by atoms with Crippen LogP contribution in [0.2, 0.25) is 0 Å². The molecular weight excluding hydrogens is 446 g/mol. The molecule has 0 atom stereocenters. The lowest BCUT2D eigenvalue weighted by Crippen LogP contribution is -2.45. The normalized spacial score (nSPS) is 14.3. The lowest BCUT2D eigenvalue weighted by Gasteiger charge is -2.36. The van der Waals surface area contributed by atoms with Crippen LogP contribution < -0.4 is 10.2 Å². The summed E-state index contributed by atoms with van der Waals surface area (Å²) in [5, 5.41) is 10.9. The predicted molar refractivity (Wildman–Crippen MR) is 135 cm³/mol. The van der Waals surface area contributed by atoms with Crippen molar-refractivity contribution in [1.29, 1.82) is 0 Å². The van der Waals surface area contributed by atoms with Gasteiger partial charge in [-0.3, -0.25) is 9.69 Å². The van der Waals surface area contributed by atoms with Crippen LogP contribution in [0.5, 0.6) is 0 Å². The van der Waals surface area contributed by atoms with Gasteiger partial charge < -0.3 is 14.7 Å². The molecular formula is C26H27N5O2S. The molecule has 0 saturated carbocycles. The maximum Gasteiger partial charge on any atom is 0.227 e. The Bertz CT molecular complexity index is 1180. The minimum absolute atomic E-state index is 0.0717. The number of nitrogens with one attached hydrogen (secondary N) is 1. The molecule has 4 aromatic rings. The van der Waals surface area contributed by atoms with Crippen LogP contribution in [0.25, 0.3) is 11.4 Å². The summed E-state index contributed by atoms with van der Waals surface area (Å²) in [6.07, 6.45) is 0.699. The van der Waals surface area contributed by atoms with Crippen LogP contribution in [0, 0.1) is 0 Å². The summed E-state index contributed by atoms with van der Waals surface area (Å²) in [7, 11) is 0. The van der Waals surface area contributed by atoms with Crippen molar-refractivity contribution in [1.82, 2.24) is 15.0 Å². The van der Waals surface area contributed by atoms with Gasteiger partial charge in [-0.05, 0) is 41.3 Å². The molecule has 0 radical (unpaired) electrons. The van der Waals surface area contributed by atoms with Crippen LogP contribution in [0.3, 0.4) is 0 Å². The number of aryl methyl sites for hydroxylation is 1. The minimum atomic E-state index is -0.0717. The quantitative estimate of drug-likeness (QED) is 0.400. The van der Waals surface area contributed by atoms with Gasteiger partial charge in [0.1, 0.15) is 0 Å². The van der Waals surface area contributed by atoms with Gasteiger partial charge in [0.25, 0.3) is 0 Å². The van der Waals surface area contributed by atoms with E-state index >= 15 is 0 Å². The van der Waals surface area contributed by atoms with Gasteiger partial charge in [0.05, 0.1) is 0 Å². The molecule has 2 aromatic heterocycles. The largest absolute Gasteiger partial charge is 0.369 e. The Morgan fingerprint density at radius 2 is 1.79 bits per heavy atom. The molecule has 7 nitrogen and oxygen atoms in total. The maximum absolute atomic E-state index is 12.4. The summed E-state index contributed by atoms with van der Waals surface area (Å²) < 4.78 is 5.27. The fraction of sp³-hybridized carbons (Fsp3) is 0.269. The number of thiophene rings is 1. The molecule has 1 fully saturated rings. The highest BCUT2D eigenvalue weighted by Crippen LogP contribution is 2.21. The molecule has 1 aliphatic rings. The summed E-state index contributed by atoms with van der Waals surface area (Å²) in [5.74, 6) is 0.962. The first kappa shape index (κ1) is 22.3. The first-order chi connectivity index (χ1) is 16.7. The van der Waals surface area contributed by atoms with E-state index in [4.69, 9.17) is 4.52 Å². The monoisotopic (exact) mass is 473 g/mol. The van der Waals surface area contributed by atoms with Crippen LogP contribution in [0.15, 0.2) is 75.9 Å². The highest BCUT2D eigenvalue weighted by Gasteiger charge is 2.17. The van der Waals surface area contributed by atoms with Crippen molar-refractivity contribution in [3.8, 4) is 11.4 Å². The topological polar surface area (TPSA) is 74.5 Å². The van der Waals surface area contributed by atoms with Crippen molar-refractivity contribution in [2.24, 2.45) is 0 Å². The maximum atomic E-state index is 12.4. The van der Waals surface area contributed by atoms with E-state index in [1.165, 1.54) is 11.3 Å². The Hall–Kier alpha value is -3.49. The first-order valence-electron chi connectivity index (χ1n) is 11.5. The number of hydrogen-bond acceptors (Lipinski definition) is 7. The van der Waals surface area contributed by atoms with Crippen molar-refractivity contribution in [3.63, 3.8) is 0 Å². The molecule has 0 bridgehead atoms. The zero-order valence-corrected chi connectivity index (χ0v) is 19.7. The van der Waals surface area contributed by atoms with E-state index in [-0.39, 0.29) is 12.3 Å². The van der Waals surface area contributed by atoms with Gasteiger partial charge in [-0.25, -0.2) is 0 Å². The predicted octanol–water partition coefficient (Wildman–Crippen LogP) is 4.69. The number of rotatable bonds is 8. The molecule has 3 heterocycles. The molecule has 174 valence electrons. The van der Waals surface area contributed by atoms with Crippen LogP contribution in [-0.2, 0) is 17.8 Å². The van der Waals surface area contributed by atoms with Gasteiger partial charge in [-0.1, -0.05) is 35.5 Å². The van der Waals surface area contributed by atoms with Crippen molar-refractivity contribution < 1.29 is 9.32 Å². The molecule has 1 amide bonds. The fourth-order valence-corrected chi connectivity index (χ4v) is 4.71. The lowest BCUT2D eigenvalue weighted by atomic mass is 10.2. The smallest absolute Gasteiger partial charge is 0.227 e. The summed E-state index contributed by atoms with van der Waals surface area (Å²) >= 11 is 1.58. The Balaban J connectivity index is 1.07. The number of aromatic nitrogens is 2. The second kappa shape index (κ2) is 10.6. The number of anilines is 2. The second-order valence-electron chi connectivity index (χ2n) is 8.37. The SMILES string of the molecule is O=C(CCc1nc(-c2ccsc2)no1)Nc1ccc(N2CCN(Cc3ccccc3)CC2)cc1. The van der Waals surface area contributed by atoms with Gasteiger partial charge in [0.15, 0.2) is 0 Å². The van der Waals surface area contributed by atoms with E-state index in [2.05, 4.69) is 67.7 Å². The molecule has 34 heavy (non-hydrogen) atoms. The second-order valence-corrected chi connectivity index (χ2v) is 9.15. The van der Waals surface area contributed by atoms with E-state index in [1.807, 2.05) is 29.0 Å². The number of benzene rings is 2. The van der Waals surface area contributed by atoms with Crippen LogP contribution >= 0.6 is 11.3 Å².